The Labute approximate surface area is 178 Å². The molecule has 0 spiro atoms. The lowest BCUT2D eigenvalue weighted by Crippen LogP contribution is -2.23. The van der Waals surface area contributed by atoms with Crippen LogP contribution < -0.4 is 11.1 Å². The largest absolute Gasteiger partial charge is 0.452 e. The monoisotopic (exact) mass is 447 g/mol. The standard InChI is InChI=1S/C19H17N3O4S3/c20-16(24)12-4-8-28-17(12)21-14(23)9-26-19(25)15-11-3-7-27-10-13(11)29-18(15)22-5-1-2-6-22/h1-2,4-6,8H,3,7,9-10H2,(H2,20,24)(H,21,23). The summed E-state index contributed by atoms with van der Waals surface area (Å²) in [4.78, 5) is 37.6. The smallest absolute Gasteiger partial charge is 0.341 e. The molecule has 3 aromatic rings. The van der Waals surface area contributed by atoms with E-state index in [1.807, 2.05) is 40.9 Å². The van der Waals surface area contributed by atoms with Crippen molar-refractivity contribution in [2.24, 2.45) is 5.73 Å². The van der Waals surface area contributed by atoms with E-state index >= 15 is 0 Å². The van der Waals surface area contributed by atoms with Crippen molar-refractivity contribution < 1.29 is 19.1 Å². The van der Waals surface area contributed by atoms with Crippen LogP contribution in [-0.2, 0) is 21.7 Å². The zero-order valence-electron chi connectivity index (χ0n) is 15.2. The van der Waals surface area contributed by atoms with Crippen molar-refractivity contribution in [3.8, 4) is 5.00 Å². The highest BCUT2D eigenvalue weighted by Crippen LogP contribution is 2.38. The van der Waals surface area contributed by atoms with Crippen LogP contribution in [0.4, 0.5) is 5.00 Å². The van der Waals surface area contributed by atoms with E-state index in [4.69, 9.17) is 10.5 Å². The molecule has 4 heterocycles. The van der Waals surface area contributed by atoms with E-state index in [-0.39, 0.29) is 5.56 Å². The molecule has 4 rings (SSSR count). The number of thioether (sulfide) groups is 1. The number of thiophene rings is 2. The maximum atomic E-state index is 12.9. The van der Waals surface area contributed by atoms with Crippen LogP contribution in [0, 0.1) is 0 Å². The molecule has 29 heavy (non-hydrogen) atoms. The average Bonchev–Trinajstić information content (AvgIpc) is 3.44. The lowest BCUT2D eigenvalue weighted by molar-refractivity contribution is -0.119. The van der Waals surface area contributed by atoms with Gasteiger partial charge in [-0.2, -0.15) is 11.8 Å². The van der Waals surface area contributed by atoms with Gasteiger partial charge < -0.3 is 20.4 Å². The highest BCUT2D eigenvalue weighted by atomic mass is 32.2. The first kappa shape index (κ1) is 19.7. The Balaban J connectivity index is 1.50. The highest BCUT2D eigenvalue weighted by Gasteiger charge is 2.28. The molecule has 0 bridgehead atoms. The van der Waals surface area contributed by atoms with Crippen LogP contribution >= 0.6 is 34.4 Å². The van der Waals surface area contributed by atoms with Gasteiger partial charge >= 0.3 is 5.97 Å². The lowest BCUT2D eigenvalue weighted by Gasteiger charge is -2.12. The van der Waals surface area contributed by atoms with Crippen LogP contribution in [0.1, 0.15) is 31.2 Å². The summed E-state index contributed by atoms with van der Waals surface area (Å²) >= 11 is 4.60. The number of carbonyl (C=O) groups is 3. The Morgan fingerprint density at radius 1 is 1.24 bits per heavy atom. The predicted octanol–water partition coefficient (Wildman–Crippen LogP) is 3.28. The van der Waals surface area contributed by atoms with Crippen LogP contribution in [0.5, 0.6) is 0 Å². The van der Waals surface area contributed by atoms with Gasteiger partial charge in [0.05, 0.1) is 11.1 Å². The molecule has 0 aromatic carbocycles. The summed E-state index contributed by atoms with van der Waals surface area (Å²) in [6, 6.07) is 5.33. The Morgan fingerprint density at radius 3 is 2.79 bits per heavy atom. The molecular formula is C19H17N3O4S3. The Bertz CT molecular complexity index is 1070. The highest BCUT2D eigenvalue weighted by molar-refractivity contribution is 7.98. The molecule has 3 aromatic heterocycles. The molecule has 0 saturated carbocycles. The Morgan fingerprint density at radius 2 is 2.03 bits per heavy atom. The number of nitrogens with zero attached hydrogens (tertiary/aromatic N) is 1. The zero-order valence-corrected chi connectivity index (χ0v) is 17.6. The summed E-state index contributed by atoms with van der Waals surface area (Å²) in [5, 5.41) is 5.38. The fraction of sp³-hybridized carbons (Fsp3) is 0.211. The summed E-state index contributed by atoms with van der Waals surface area (Å²) in [5.74, 6) is 0.151. The number of hydrogen-bond donors (Lipinski definition) is 2. The van der Waals surface area contributed by atoms with Crippen LogP contribution in [-0.4, -0.2) is 34.7 Å². The van der Waals surface area contributed by atoms with Crippen molar-refractivity contribution >= 4 is 57.2 Å². The summed E-state index contributed by atoms with van der Waals surface area (Å²) in [6.07, 6.45) is 4.57. The third-order valence-electron chi connectivity index (χ3n) is 4.36. The van der Waals surface area contributed by atoms with E-state index in [2.05, 4.69) is 5.32 Å². The number of anilines is 1. The fourth-order valence-electron chi connectivity index (χ4n) is 3.05. The van der Waals surface area contributed by atoms with E-state index in [1.54, 1.807) is 16.7 Å². The SMILES string of the molecule is NC(=O)c1ccsc1NC(=O)COC(=O)c1c(-n2cccc2)sc2c1CCSC2. The number of ether oxygens (including phenoxy) is 1. The number of rotatable bonds is 6. The van der Waals surface area contributed by atoms with Gasteiger partial charge in [0.15, 0.2) is 6.61 Å². The van der Waals surface area contributed by atoms with Gasteiger partial charge in [-0.15, -0.1) is 22.7 Å². The van der Waals surface area contributed by atoms with Gasteiger partial charge in [0.1, 0.15) is 10.0 Å². The number of aromatic nitrogens is 1. The maximum Gasteiger partial charge on any atom is 0.341 e. The number of nitrogens with two attached hydrogens (primary N) is 1. The second kappa shape index (κ2) is 8.44. The van der Waals surface area contributed by atoms with Gasteiger partial charge in [-0.05, 0) is 41.3 Å². The molecule has 3 N–H and O–H groups in total. The second-order valence-electron chi connectivity index (χ2n) is 6.23. The average molecular weight is 448 g/mol. The zero-order chi connectivity index (χ0) is 20.4. The van der Waals surface area contributed by atoms with Gasteiger partial charge in [-0.1, -0.05) is 0 Å². The van der Waals surface area contributed by atoms with E-state index in [9.17, 15) is 14.4 Å². The van der Waals surface area contributed by atoms with Gasteiger partial charge in [-0.25, -0.2) is 4.79 Å². The van der Waals surface area contributed by atoms with E-state index in [1.165, 1.54) is 22.3 Å². The van der Waals surface area contributed by atoms with Crippen LogP contribution in [0.2, 0.25) is 0 Å². The molecule has 0 fully saturated rings. The molecule has 150 valence electrons. The van der Waals surface area contributed by atoms with Crippen LogP contribution in [0.25, 0.3) is 5.00 Å². The molecule has 1 aliphatic rings. The first-order chi connectivity index (χ1) is 14.0. The summed E-state index contributed by atoms with van der Waals surface area (Å²) in [5.41, 5.74) is 7.05. The van der Waals surface area contributed by atoms with E-state index < -0.39 is 24.4 Å². The molecule has 0 atom stereocenters. The quantitative estimate of drug-likeness (QED) is 0.565. The first-order valence-electron chi connectivity index (χ1n) is 8.74. The first-order valence-corrected chi connectivity index (χ1v) is 11.6. The minimum Gasteiger partial charge on any atom is -0.452 e. The van der Waals surface area contributed by atoms with E-state index in [0.29, 0.717) is 10.6 Å². The molecule has 7 nitrogen and oxygen atoms in total. The van der Waals surface area contributed by atoms with Crippen molar-refractivity contribution in [1.82, 2.24) is 4.57 Å². The number of fused-ring (bicyclic) bond motifs is 1. The summed E-state index contributed by atoms with van der Waals surface area (Å²) in [7, 11) is 0. The molecule has 0 unspecified atom stereocenters. The third-order valence-corrected chi connectivity index (χ3v) is 7.61. The Hall–Kier alpha value is -2.56. The van der Waals surface area contributed by atoms with Crippen molar-refractivity contribution in [2.75, 3.05) is 17.7 Å². The topological polar surface area (TPSA) is 103 Å². The summed E-state index contributed by atoms with van der Waals surface area (Å²) in [6.45, 7) is -0.445. The fourth-order valence-corrected chi connectivity index (χ4v) is 6.29. The number of hydrogen-bond acceptors (Lipinski definition) is 7. The van der Waals surface area contributed by atoms with Gasteiger partial charge in [-0.3, -0.25) is 9.59 Å². The molecule has 0 saturated heterocycles. The molecule has 2 amide bonds. The maximum absolute atomic E-state index is 12.9. The third kappa shape index (κ3) is 4.09. The molecule has 0 radical (unpaired) electrons. The van der Waals surface area contributed by atoms with Crippen LogP contribution in [0.3, 0.4) is 0 Å². The minimum absolute atomic E-state index is 0.231. The van der Waals surface area contributed by atoms with Crippen molar-refractivity contribution in [1.29, 1.82) is 0 Å². The number of nitrogens with one attached hydrogen (secondary N) is 1. The molecule has 0 aliphatic carbocycles. The predicted molar refractivity (Wildman–Crippen MR) is 115 cm³/mol. The lowest BCUT2D eigenvalue weighted by atomic mass is 10.1. The van der Waals surface area contributed by atoms with E-state index in [0.717, 1.165) is 28.5 Å². The van der Waals surface area contributed by atoms with Crippen molar-refractivity contribution in [2.45, 2.75) is 12.2 Å². The number of amides is 2. The van der Waals surface area contributed by atoms with Crippen molar-refractivity contribution in [3.63, 3.8) is 0 Å². The van der Waals surface area contributed by atoms with Gasteiger partial charge in [0.2, 0.25) is 0 Å². The second-order valence-corrected chi connectivity index (χ2v) is 9.33. The molecule has 10 heteroatoms. The molecular weight excluding hydrogens is 430 g/mol. The Kier molecular flexibility index (Phi) is 5.74. The molecule has 1 aliphatic heterocycles. The summed E-state index contributed by atoms with van der Waals surface area (Å²) < 4.78 is 7.22. The van der Waals surface area contributed by atoms with Crippen molar-refractivity contribution in [3.05, 3.63) is 57.5 Å². The van der Waals surface area contributed by atoms with Gasteiger partial charge in [0.25, 0.3) is 11.8 Å². The number of carbonyl (C=O) groups excluding carboxylic acids is 3. The van der Waals surface area contributed by atoms with Gasteiger partial charge in [0, 0.05) is 23.0 Å². The number of primary amides is 1. The number of esters is 1. The normalized spacial score (nSPS) is 13.0. The minimum atomic E-state index is -0.627. The van der Waals surface area contributed by atoms with Crippen LogP contribution in [0.15, 0.2) is 36.0 Å².